The monoisotopic (exact) mass is 295 g/mol. The number of nitrogens with one attached hydrogen (secondary N) is 1. The van der Waals surface area contributed by atoms with Gasteiger partial charge < -0.3 is 5.32 Å². The minimum absolute atomic E-state index is 0.110. The van der Waals surface area contributed by atoms with Crippen LogP contribution >= 0.6 is 0 Å². The fourth-order valence-electron chi connectivity index (χ4n) is 2.34. The molecule has 2 rings (SSSR count). The van der Waals surface area contributed by atoms with E-state index in [1.54, 1.807) is 0 Å². The standard InChI is InChI=1S/C20H25NO/c1-15(21-14-16-8-6-5-7-9-16)19(22)17-10-12-18(13-11-17)20(2,3)4/h5-13,15,21H,14H2,1-4H3. The largest absolute Gasteiger partial charge is 0.303 e. The van der Waals surface area contributed by atoms with Gasteiger partial charge in [0.2, 0.25) is 0 Å². The number of ketones is 1. The zero-order valence-corrected chi connectivity index (χ0v) is 13.9. The van der Waals surface area contributed by atoms with Crippen molar-refractivity contribution in [3.8, 4) is 0 Å². The Hall–Kier alpha value is -1.93. The van der Waals surface area contributed by atoms with Crippen molar-refractivity contribution in [2.75, 3.05) is 0 Å². The lowest BCUT2D eigenvalue weighted by Gasteiger charge is -2.19. The van der Waals surface area contributed by atoms with Crippen LogP contribution in [0.15, 0.2) is 54.6 Å². The van der Waals surface area contributed by atoms with Crippen LogP contribution in [0, 0.1) is 0 Å². The van der Waals surface area contributed by atoms with E-state index in [9.17, 15) is 4.79 Å². The Kier molecular flexibility index (Phi) is 5.15. The van der Waals surface area contributed by atoms with Crippen LogP contribution in [0.5, 0.6) is 0 Å². The van der Waals surface area contributed by atoms with Crippen LogP contribution < -0.4 is 5.32 Å². The van der Waals surface area contributed by atoms with Crippen molar-refractivity contribution >= 4 is 5.78 Å². The number of hydrogen-bond donors (Lipinski definition) is 1. The van der Waals surface area contributed by atoms with E-state index in [4.69, 9.17) is 0 Å². The predicted octanol–water partition coefficient (Wildman–Crippen LogP) is 4.35. The fraction of sp³-hybridized carbons (Fsp3) is 0.350. The van der Waals surface area contributed by atoms with E-state index in [1.807, 2.05) is 37.3 Å². The maximum atomic E-state index is 12.5. The third kappa shape index (κ3) is 4.28. The molecule has 1 N–H and O–H groups in total. The number of hydrogen-bond acceptors (Lipinski definition) is 2. The highest BCUT2D eigenvalue weighted by Crippen LogP contribution is 2.22. The molecule has 0 aliphatic rings. The molecule has 0 aliphatic heterocycles. The van der Waals surface area contributed by atoms with E-state index < -0.39 is 0 Å². The average Bonchev–Trinajstić information content (AvgIpc) is 2.52. The van der Waals surface area contributed by atoms with Crippen LogP contribution in [-0.4, -0.2) is 11.8 Å². The van der Waals surface area contributed by atoms with E-state index >= 15 is 0 Å². The third-order valence-electron chi connectivity index (χ3n) is 3.88. The molecule has 0 saturated carbocycles. The molecule has 0 radical (unpaired) electrons. The molecule has 0 bridgehead atoms. The Morgan fingerprint density at radius 1 is 1.00 bits per heavy atom. The molecule has 2 nitrogen and oxygen atoms in total. The van der Waals surface area contributed by atoms with E-state index in [0.29, 0.717) is 6.54 Å². The number of rotatable bonds is 5. The van der Waals surface area contributed by atoms with Gasteiger partial charge in [0.05, 0.1) is 6.04 Å². The summed E-state index contributed by atoms with van der Waals surface area (Å²) in [4.78, 5) is 12.5. The molecule has 0 fully saturated rings. The topological polar surface area (TPSA) is 29.1 Å². The molecule has 116 valence electrons. The number of Topliss-reactive ketones (excluding diaryl/α,β-unsaturated/α-hetero) is 1. The van der Waals surface area contributed by atoms with Gasteiger partial charge in [0.15, 0.2) is 5.78 Å². The Bertz CT molecular complexity index is 608. The summed E-state index contributed by atoms with van der Waals surface area (Å²) in [6.45, 7) is 9.15. The molecule has 0 aliphatic carbocycles. The van der Waals surface area contributed by atoms with Gasteiger partial charge in [-0.25, -0.2) is 0 Å². The second-order valence-corrected chi connectivity index (χ2v) is 6.78. The molecular formula is C20H25NO. The van der Waals surface area contributed by atoms with E-state index in [-0.39, 0.29) is 17.2 Å². The maximum Gasteiger partial charge on any atom is 0.179 e. The van der Waals surface area contributed by atoms with E-state index in [1.165, 1.54) is 11.1 Å². The van der Waals surface area contributed by atoms with Crippen LogP contribution in [0.25, 0.3) is 0 Å². The highest BCUT2D eigenvalue weighted by atomic mass is 16.1. The minimum atomic E-state index is -0.194. The summed E-state index contributed by atoms with van der Waals surface area (Å²) >= 11 is 0. The van der Waals surface area contributed by atoms with Gasteiger partial charge in [-0.2, -0.15) is 0 Å². The molecular weight excluding hydrogens is 270 g/mol. The van der Waals surface area contributed by atoms with Crippen molar-refractivity contribution in [2.24, 2.45) is 0 Å². The number of carbonyl (C=O) groups excluding carboxylic acids is 1. The summed E-state index contributed by atoms with van der Waals surface area (Å²) in [5.41, 5.74) is 3.30. The van der Waals surface area contributed by atoms with Crippen molar-refractivity contribution < 1.29 is 4.79 Å². The molecule has 0 spiro atoms. The lowest BCUT2D eigenvalue weighted by Crippen LogP contribution is -2.33. The van der Waals surface area contributed by atoms with Gasteiger partial charge >= 0.3 is 0 Å². The first-order valence-electron chi connectivity index (χ1n) is 7.80. The first-order valence-corrected chi connectivity index (χ1v) is 7.80. The van der Waals surface area contributed by atoms with Gasteiger partial charge in [-0.1, -0.05) is 75.4 Å². The number of carbonyl (C=O) groups is 1. The Morgan fingerprint density at radius 2 is 1.59 bits per heavy atom. The summed E-state index contributed by atoms with van der Waals surface area (Å²) in [6, 6.07) is 17.9. The van der Waals surface area contributed by atoms with Crippen molar-refractivity contribution in [3.05, 3.63) is 71.3 Å². The summed E-state index contributed by atoms with van der Waals surface area (Å²) in [5, 5.41) is 3.29. The SMILES string of the molecule is CC(NCc1ccccc1)C(=O)c1ccc(C(C)(C)C)cc1. The van der Waals surface area contributed by atoms with Gasteiger partial charge in [-0.3, -0.25) is 4.79 Å². The highest BCUT2D eigenvalue weighted by molar-refractivity contribution is 5.99. The lowest BCUT2D eigenvalue weighted by atomic mass is 9.86. The first-order chi connectivity index (χ1) is 10.4. The molecule has 2 heteroatoms. The van der Waals surface area contributed by atoms with Crippen LogP contribution in [0.3, 0.4) is 0 Å². The summed E-state index contributed by atoms with van der Waals surface area (Å²) in [5.74, 6) is 0.136. The summed E-state index contributed by atoms with van der Waals surface area (Å²) < 4.78 is 0. The normalized spacial score (nSPS) is 12.9. The Balaban J connectivity index is 1.98. The quantitative estimate of drug-likeness (QED) is 0.831. The summed E-state index contributed by atoms with van der Waals surface area (Å²) in [6.07, 6.45) is 0. The lowest BCUT2D eigenvalue weighted by molar-refractivity contribution is 0.0950. The maximum absolute atomic E-state index is 12.5. The molecule has 0 amide bonds. The van der Waals surface area contributed by atoms with Crippen molar-refractivity contribution in [1.82, 2.24) is 5.32 Å². The zero-order chi connectivity index (χ0) is 16.2. The van der Waals surface area contributed by atoms with Gasteiger partial charge in [-0.15, -0.1) is 0 Å². The first kappa shape index (κ1) is 16.4. The molecule has 0 heterocycles. The average molecular weight is 295 g/mol. The van der Waals surface area contributed by atoms with Crippen molar-refractivity contribution in [2.45, 2.75) is 45.7 Å². The second kappa shape index (κ2) is 6.89. The van der Waals surface area contributed by atoms with Crippen LogP contribution in [-0.2, 0) is 12.0 Å². The molecule has 0 aromatic heterocycles. The predicted molar refractivity (Wildman–Crippen MR) is 92.2 cm³/mol. The molecule has 0 saturated heterocycles. The molecule has 1 unspecified atom stereocenters. The molecule has 2 aromatic carbocycles. The summed E-state index contributed by atoms with van der Waals surface area (Å²) in [7, 11) is 0. The molecule has 1 atom stereocenters. The molecule has 22 heavy (non-hydrogen) atoms. The van der Waals surface area contributed by atoms with Crippen LogP contribution in [0.1, 0.15) is 49.2 Å². The molecule has 2 aromatic rings. The Morgan fingerprint density at radius 3 is 2.14 bits per heavy atom. The van der Waals surface area contributed by atoms with Crippen LogP contribution in [0.2, 0.25) is 0 Å². The van der Waals surface area contributed by atoms with E-state index in [2.05, 4.69) is 50.4 Å². The van der Waals surface area contributed by atoms with Gasteiger partial charge in [0, 0.05) is 12.1 Å². The number of benzene rings is 2. The van der Waals surface area contributed by atoms with E-state index in [0.717, 1.165) is 5.56 Å². The third-order valence-corrected chi connectivity index (χ3v) is 3.88. The van der Waals surface area contributed by atoms with Crippen molar-refractivity contribution in [3.63, 3.8) is 0 Å². The minimum Gasteiger partial charge on any atom is -0.303 e. The second-order valence-electron chi connectivity index (χ2n) is 6.78. The van der Waals surface area contributed by atoms with Gasteiger partial charge in [-0.05, 0) is 23.5 Å². The van der Waals surface area contributed by atoms with Gasteiger partial charge in [0.1, 0.15) is 0 Å². The van der Waals surface area contributed by atoms with Gasteiger partial charge in [0.25, 0.3) is 0 Å². The van der Waals surface area contributed by atoms with Crippen LogP contribution in [0.4, 0.5) is 0 Å². The zero-order valence-electron chi connectivity index (χ0n) is 13.9. The van der Waals surface area contributed by atoms with Crippen molar-refractivity contribution in [1.29, 1.82) is 0 Å². The highest BCUT2D eigenvalue weighted by Gasteiger charge is 2.17. The fourth-order valence-corrected chi connectivity index (χ4v) is 2.34. The Labute approximate surface area is 133 Å². The smallest absolute Gasteiger partial charge is 0.179 e.